The molecular formula is C19H21NO. The number of methoxy groups -OCH3 is 1. The largest absolute Gasteiger partial charge is 0.363 e. The van der Waals surface area contributed by atoms with E-state index in [-0.39, 0.29) is 5.72 Å². The third-order valence-electron chi connectivity index (χ3n) is 5.26. The van der Waals surface area contributed by atoms with Crippen LogP contribution in [0, 0.1) is 0 Å². The monoisotopic (exact) mass is 279 g/mol. The Kier molecular flexibility index (Phi) is 3.09. The molecule has 0 aliphatic carbocycles. The lowest BCUT2D eigenvalue weighted by molar-refractivity contribution is -0.0352. The first-order valence-electron chi connectivity index (χ1n) is 7.77. The summed E-state index contributed by atoms with van der Waals surface area (Å²) in [5.41, 5.74) is 2.59. The van der Waals surface area contributed by atoms with Crippen molar-refractivity contribution in [1.82, 2.24) is 5.32 Å². The summed E-state index contributed by atoms with van der Waals surface area (Å²) in [6, 6.07) is 22.2. The maximum atomic E-state index is 6.00. The summed E-state index contributed by atoms with van der Waals surface area (Å²) >= 11 is 0. The van der Waals surface area contributed by atoms with Crippen molar-refractivity contribution >= 4 is 0 Å². The van der Waals surface area contributed by atoms with Crippen molar-refractivity contribution in [3.63, 3.8) is 0 Å². The van der Waals surface area contributed by atoms with E-state index in [2.05, 4.69) is 66.0 Å². The second kappa shape index (κ2) is 4.97. The van der Waals surface area contributed by atoms with Gasteiger partial charge in [-0.25, -0.2) is 0 Å². The maximum absolute atomic E-state index is 6.00. The molecular weight excluding hydrogens is 258 g/mol. The number of nitrogens with one attached hydrogen (secondary N) is 1. The lowest BCUT2D eigenvalue weighted by Gasteiger charge is -2.37. The molecule has 0 radical (unpaired) electrons. The van der Waals surface area contributed by atoms with Gasteiger partial charge < -0.3 is 4.74 Å². The molecule has 2 saturated heterocycles. The average molecular weight is 279 g/mol. The van der Waals surface area contributed by atoms with Crippen LogP contribution in [0.3, 0.4) is 0 Å². The predicted octanol–water partition coefficient (Wildman–Crippen LogP) is 3.66. The number of fused-ring (bicyclic) bond motifs is 2. The van der Waals surface area contributed by atoms with E-state index in [9.17, 15) is 0 Å². The van der Waals surface area contributed by atoms with Gasteiger partial charge in [0.15, 0.2) is 0 Å². The molecule has 2 aliphatic heterocycles. The lowest BCUT2D eigenvalue weighted by Crippen LogP contribution is -2.43. The normalized spacial score (nSPS) is 34.2. The van der Waals surface area contributed by atoms with E-state index in [4.69, 9.17) is 4.74 Å². The van der Waals surface area contributed by atoms with Gasteiger partial charge in [-0.3, -0.25) is 5.32 Å². The van der Waals surface area contributed by atoms with E-state index in [0.29, 0.717) is 17.9 Å². The third kappa shape index (κ3) is 1.94. The van der Waals surface area contributed by atoms with Crippen LogP contribution in [0.5, 0.6) is 0 Å². The highest BCUT2D eigenvalue weighted by Crippen LogP contribution is 2.55. The predicted molar refractivity (Wildman–Crippen MR) is 84.3 cm³/mol. The standard InChI is InChI=1S/C19H21NO/c1-21-19-13-12-16(20-19)17(14-8-4-2-5-9-14)18(19)15-10-6-3-7-11-15/h2-11,16-18,20H,12-13H2,1H3/t16-,17-,18+,19-/m1/s1. The van der Waals surface area contributed by atoms with Crippen molar-refractivity contribution in [2.24, 2.45) is 0 Å². The molecule has 0 aromatic heterocycles. The highest BCUT2D eigenvalue weighted by molar-refractivity contribution is 5.37. The number of rotatable bonds is 3. The Morgan fingerprint density at radius 3 is 2.19 bits per heavy atom. The van der Waals surface area contributed by atoms with Gasteiger partial charge in [0.2, 0.25) is 0 Å². The topological polar surface area (TPSA) is 21.3 Å². The first kappa shape index (κ1) is 13.1. The summed E-state index contributed by atoms with van der Waals surface area (Å²) in [5.74, 6) is 0.868. The fourth-order valence-corrected chi connectivity index (χ4v) is 4.39. The van der Waals surface area contributed by atoms with Crippen molar-refractivity contribution in [1.29, 1.82) is 0 Å². The Morgan fingerprint density at radius 1 is 0.952 bits per heavy atom. The van der Waals surface area contributed by atoms with Crippen LogP contribution in [0.15, 0.2) is 60.7 Å². The van der Waals surface area contributed by atoms with Crippen LogP contribution in [0.2, 0.25) is 0 Å². The van der Waals surface area contributed by atoms with E-state index in [1.54, 1.807) is 0 Å². The lowest BCUT2D eigenvalue weighted by atomic mass is 9.70. The SMILES string of the molecule is CO[C@@]12CC[C@@H](N1)[C@@H](c1ccccc1)[C@@H]2c1ccccc1. The van der Waals surface area contributed by atoms with Gasteiger partial charge in [0.1, 0.15) is 5.72 Å². The molecule has 1 N–H and O–H groups in total. The van der Waals surface area contributed by atoms with Crippen LogP contribution in [-0.2, 0) is 4.74 Å². The van der Waals surface area contributed by atoms with Crippen LogP contribution < -0.4 is 5.32 Å². The number of ether oxygens (including phenoxy) is 1. The third-order valence-corrected chi connectivity index (χ3v) is 5.26. The van der Waals surface area contributed by atoms with E-state index >= 15 is 0 Å². The quantitative estimate of drug-likeness (QED) is 0.925. The van der Waals surface area contributed by atoms with Crippen molar-refractivity contribution < 1.29 is 4.74 Å². The zero-order valence-corrected chi connectivity index (χ0v) is 12.3. The molecule has 0 spiro atoms. The van der Waals surface area contributed by atoms with E-state index < -0.39 is 0 Å². The minimum Gasteiger partial charge on any atom is -0.363 e. The van der Waals surface area contributed by atoms with Crippen LogP contribution in [0.4, 0.5) is 0 Å². The van der Waals surface area contributed by atoms with E-state index in [1.807, 2.05) is 7.11 Å². The Hall–Kier alpha value is -1.64. The molecule has 4 atom stereocenters. The molecule has 0 unspecified atom stereocenters. The molecule has 2 nitrogen and oxygen atoms in total. The van der Waals surface area contributed by atoms with Crippen LogP contribution in [0.1, 0.15) is 35.8 Å². The fraction of sp³-hybridized carbons (Fsp3) is 0.368. The Morgan fingerprint density at radius 2 is 1.57 bits per heavy atom. The summed E-state index contributed by atoms with van der Waals surface area (Å²) in [4.78, 5) is 0. The molecule has 21 heavy (non-hydrogen) atoms. The van der Waals surface area contributed by atoms with Gasteiger partial charge in [0.05, 0.1) is 0 Å². The summed E-state index contributed by atoms with van der Waals surface area (Å²) in [6.07, 6.45) is 2.29. The second-order valence-electron chi connectivity index (χ2n) is 6.21. The number of hydrogen-bond donors (Lipinski definition) is 1. The molecule has 2 aromatic rings. The van der Waals surface area contributed by atoms with Gasteiger partial charge in [-0.1, -0.05) is 60.7 Å². The smallest absolute Gasteiger partial charge is 0.126 e. The molecule has 2 aliphatic rings. The zero-order chi connectivity index (χ0) is 14.3. The van der Waals surface area contributed by atoms with Gasteiger partial charge in [-0.05, 0) is 24.0 Å². The minimum absolute atomic E-state index is 0.202. The Bertz CT molecular complexity index is 612. The molecule has 2 fully saturated rings. The van der Waals surface area contributed by atoms with Crippen LogP contribution >= 0.6 is 0 Å². The second-order valence-corrected chi connectivity index (χ2v) is 6.21. The molecule has 108 valence electrons. The Labute approximate surface area is 126 Å². The minimum atomic E-state index is -0.202. The molecule has 2 bridgehead atoms. The van der Waals surface area contributed by atoms with Gasteiger partial charge >= 0.3 is 0 Å². The van der Waals surface area contributed by atoms with Crippen molar-refractivity contribution in [3.8, 4) is 0 Å². The number of benzene rings is 2. The van der Waals surface area contributed by atoms with Crippen LogP contribution in [-0.4, -0.2) is 18.9 Å². The van der Waals surface area contributed by atoms with Crippen molar-refractivity contribution in [2.75, 3.05) is 7.11 Å². The highest BCUT2D eigenvalue weighted by Gasteiger charge is 2.58. The highest BCUT2D eigenvalue weighted by atomic mass is 16.5. The molecule has 4 rings (SSSR count). The first-order chi connectivity index (χ1) is 10.3. The molecule has 2 heteroatoms. The van der Waals surface area contributed by atoms with Gasteiger partial charge in [-0.15, -0.1) is 0 Å². The fourth-order valence-electron chi connectivity index (χ4n) is 4.39. The summed E-state index contributed by atoms with van der Waals surface area (Å²) in [6.45, 7) is 0. The van der Waals surface area contributed by atoms with Gasteiger partial charge in [0.25, 0.3) is 0 Å². The van der Waals surface area contributed by atoms with Gasteiger partial charge in [0, 0.05) is 25.0 Å². The zero-order valence-electron chi connectivity index (χ0n) is 12.3. The Balaban J connectivity index is 1.82. The average Bonchev–Trinajstić information content (AvgIpc) is 3.13. The van der Waals surface area contributed by atoms with E-state index in [1.165, 1.54) is 17.5 Å². The molecule has 0 amide bonds. The summed E-state index contributed by atoms with van der Waals surface area (Å²) in [7, 11) is 1.85. The first-order valence-corrected chi connectivity index (χ1v) is 7.77. The number of hydrogen-bond acceptors (Lipinski definition) is 2. The summed E-state index contributed by atoms with van der Waals surface area (Å²) in [5, 5.41) is 3.77. The molecule has 2 aromatic carbocycles. The van der Waals surface area contributed by atoms with Crippen molar-refractivity contribution in [3.05, 3.63) is 71.8 Å². The van der Waals surface area contributed by atoms with Crippen LogP contribution in [0.25, 0.3) is 0 Å². The molecule has 2 heterocycles. The van der Waals surface area contributed by atoms with Crippen molar-refractivity contribution in [2.45, 2.75) is 36.4 Å². The summed E-state index contributed by atoms with van der Waals surface area (Å²) < 4.78 is 6.00. The van der Waals surface area contributed by atoms with Gasteiger partial charge in [-0.2, -0.15) is 0 Å². The maximum Gasteiger partial charge on any atom is 0.126 e. The molecule has 0 saturated carbocycles. The van der Waals surface area contributed by atoms with E-state index in [0.717, 1.165) is 6.42 Å².